The molecule has 4 nitrogen and oxygen atoms in total. The largest absolute Gasteiger partial charge is 0.497 e. The number of halogens is 3. The lowest BCUT2D eigenvalue weighted by atomic mass is 10.2. The fraction of sp³-hybridized carbons (Fsp3) is 0.200. The van der Waals surface area contributed by atoms with Gasteiger partial charge in [0.25, 0.3) is 6.43 Å². The van der Waals surface area contributed by atoms with Gasteiger partial charge in [0.2, 0.25) is 5.28 Å². The molecule has 0 saturated carbocycles. The molecule has 3 aromatic rings. The van der Waals surface area contributed by atoms with E-state index < -0.39 is 6.43 Å². The first-order valence-electron chi connectivity index (χ1n) is 6.51. The second-order valence-electron chi connectivity index (χ2n) is 4.72. The fourth-order valence-corrected chi connectivity index (χ4v) is 2.43. The van der Waals surface area contributed by atoms with Gasteiger partial charge < -0.3 is 9.30 Å². The molecule has 114 valence electrons. The molecule has 0 radical (unpaired) electrons. The molecule has 2 heterocycles. The Balaban J connectivity index is 2.06. The van der Waals surface area contributed by atoms with Crippen molar-refractivity contribution < 1.29 is 13.5 Å². The molecule has 22 heavy (non-hydrogen) atoms. The summed E-state index contributed by atoms with van der Waals surface area (Å²) in [6.45, 7) is 0.264. The van der Waals surface area contributed by atoms with Gasteiger partial charge >= 0.3 is 0 Å². The Morgan fingerprint density at radius 1 is 1.27 bits per heavy atom. The highest BCUT2D eigenvalue weighted by atomic mass is 35.5. The number of ether oxygens (including phenoxy) is 1. The second-order valence-corrected chi connectivity index (χ2v) is 5.06. The van der Waals surface area contributed by atoms with Crippen LogP contribution in [0.3, 0.4) is 0 Å². The van der Waals surface area contributed by atoms with Crippen LogP contribution in [-0.2, 0) is 6.54 Å². The van der Waals surface area contributed by atoms with E-state index in [1.807, 2.05) is 12.1 Å². The van der Waals surface area contributed by atoms with Gasteiger partial charge in [0.15, 0.2) is 0 Å². The zero-order valence-electron chi connectivity index (χ0n) is 11.6. The molecular weight excluding hydrogens is 312 g/mol. The molecule has 0 aliphatic heterocycles. The molecule has 3 rings (SSSR count). The van der Waals surface area contributed by atoms with Crippen molar-refractivity contribution in [3.8, 4) is 5.75 Å². The van der Waals surface area contributed by atoms with Crippen molar-refractivity contribution in [3.05, 3.63) is 53.1 Å². The van der Waals surface area contributed by atoms with Crippen LogP contribution in [-0.4, -0.2) is 21.6 Å². The molecule has 0 atom stereocenters. The van der Waals surface area contributed by atoms with E-state index in [0.29, 0.717) is 16.8 Å². The summed E-state index contributed by atoms with van der Waals surface area (Å²) in [5.74, 6) is 0.709. The van der Waals surface area contributed by atoms with Gasteiger partial charge in [0, 0.05) is 18.1 Å². The normalized spacial score (nSPS) is 11.3. The maximum absolute atomic E-state index is 13.3. The average Bonchev–Trinajstić information content (AvgIpc) is 2.86. The highest BCUT2D eigenvalue weighted by molar-refractivity contribution is 6.28. The minimum atomic E-state index is -2.61. The third kappa shape index (κ3) is 2.74. The topological polar surface area (TPSA) is 39.9 Å². The second kappa shape index (κ2) is 5.88. The van der Waals surface area contributed by atoms with Crippen LogP contribution in [0.1, 0.15) is 17.7 Å². The predicted molar refractivity (Wildman–Crippen MR) is 79.6 cm³/mol. The smallest absolute Gasteiger partial charge is 0.278 e. The summed E-state index contributed by atoms with van der Waals surface area (Å²) in [4.78, 5) is 7.90. The van der Waals surface area contributed by atoms with Crippen LogP contribution in [0.2, 0.25) is 5.28 Å². The summed E-state index contributed by atoms with van der Waals surface area (Å²) in [6.07, 6.45) is -1.16. The molecule has 0 bridgehead atoms. The minimum Gasteiger partial charge on any atom is -0.497 e. The Morgan fingerprint density at radius 2 is 2.00 bits per heavy atom. The quantitative estimate of drug-likeness (QED) is 0.679. The van der Waals surface area contributed by atoms with Crippen molar-refractivity contribution in [1.82, 2.24) is 14.5 Å². The maximum atomic E-state index is 13.3. The Hall–Kier alpha value is -2.21. The summed E-state index contributed by atoms with van der Waals surface area (Å²) in [6, 6.07) is 8.60. The molecule has 0 unspecified atom stereocenters. The van der Waals surface area contributed by atoms with E-state index in [2.05, 4.69) is 9.97 Å². The van der Waals surface area contributed by atoms with E-state index in [1.54, 1.807) is 19.2 Å². The van der Waals surface area contributed by atoms with E-state index in [0.717, 1.165) is 5.56 Å². The zero-order chi connectivity index (χ0) is 15.7. The van der Waals surface area contributed by atoms with Crippen LogP contribution < -0.4 is 4.74 Å². The van der Waals surface area contributed by atoms with Crippen molar-refractivity contribution in [2.24, 2.45) is 0 Å². The number of fused-ring (bicyclic) bond motifs is 1. The van der Waals surface area contributed by atoms with Crippen LogP contribution in [0.5, 0.6) is 5.75 Å². The number of nitrogens with zero attached hydrogens (tertiary/aromatic N) is 3. The van der Waals surface area contributed by atoms with Crippen LogP contribution in [0.25, 0.3) is 11.0 Å². The number of hydrogen-bond donors (Lipinski definition) is 0. The van der Waals surface area contributed by atoms with Gasteiger partial charge in [-0.3, -0.25) is 0 Å². The Morgan fingerprint density at radius 3 is 2.64 bits per heavy atom. The zero-order valence-corrected chi connectivity index (χ0v) is 12.4. The Labute approximate surface area is 130 Å². The lowest BCUT2D eigenvalue weighted by Gasteiger charge is -2.10. The van der Waals surface area contributed by atoms with Crippen LogP contribution in [0.15, 0.2) is 36.5 Å². The van der Waals surface area contributed by atoms with Crippen molar-refractivity contribution in [3.63, 3.8) is 0 Å². The first kappa shape index (κ1) is 14.7. The minimum absolute atomic E-state index is 0.0300. The summed E-state index contributed by atoms with van der Waals surface area (Å²) in [5.41, 5.74) is 1.14. The fourth-order valence-electron chi connectivity index (χ4n) is 2.30. The molecule has 0 saturated heterocycles. The summed E-state index contributed by atoms with van der Waals surface area (Å²) in [7, 11) is 1.57. The van der Waals surface area contributed by atoms with Gasteiger partial charge in [-0.05, 0) is 35.4 Å². The van der Waals surface area contributed by atoms with E-state index in [-0.39, 0.29) is 17.5 Å². The number of rotatable bonds is 4. The molecule has 0 aliphatic carbocycles. The van der Waals surface area contributed by atoms with E-state index in [9.17, 15) is 8.78 Å². The van der Waals surface area contributed by atoms with Crippen molar-refractivity contribution in [1.29, 1.82) is 0 Å². The maximum Gasteiger partial charge on any atom is 0.278 e. The van der Waals surface area contributed by atoms with Gasteiger partial charge in [0.05, 0.1) is 12.8 Å². The molecule has 0 aliphatic rings. The Bertz CT molecular complexity index is 802. The molecule has 0 fully saturated rings. The lowest BCUT2D eigenvalue weighted by Crippen LogP contribution is -2.06. The van der Waals surface area contributed by atoms with Crippen molar-refractivity contribution >= 4 is 22.6 Å². The SMILES string of the molecule is COc1ccc(Cn2c(C(F)F)cc3cnc(Cl)nc32)cc1. The van der Waals surface area contributed by atoms with Gasteiger partial charge in [-0.15, -0.1) is 0 Å². The van der Waals surface area contributed by atoms with Crippen molar-refractivity contribution in [2.75, 3.05) is 7.11 Å². The number of hydrogen-bond acceptors (Lipinski definition) is 3. The highest BCUT2D eigenvalue weighted by Crippen LogP contribution is 2.28. The first-order valence-corrected chi connectivity index (χ1v) is 6.89. The molecule has 0 N–H and O–H groups in total. The standard InChI is InChI=1S/C15H12ClF2N3O/c1-22-11-4-2-9(3-5-11)8-21-12(13(17)18)6-10-7-19-15(16)20-14(10)21/h2-7,13H,8H2,1H3. The Kier molecular flexibility index (Phi) is 3.94. The number of aromatic nitrogens is 3. The third-order valence-electron chi connectivity index (χ3n) is 3.36. The van der Waals surface area contributed by atoms with Crippen LogP contribution in [0.4, 0.5) is 8.78 Å². The van der Waals surface area contributed by atoms with E-state index in [4.69, 9.17) is 16.3 Å². The van der Waals surface area contributed by atoms with Gasteiger partial charge in [0.1, 0.15) is 11.4 Å². The van der Waals surface area contributed by atoms with Crippen molar-refractivity contribution in [2.45, 2.75) is 13.0 Å². The number of methoxy groups -OCH3 is 1. The highest BCUT2D eigenvalue weighted by Gasteiger charge is 2.18. The molecule has 7 heteroatoms. The molecule has 1 aromatic carbocycles. The van der Waals surface area contributed by atoms with E-state index in [1.165, 1.54) is 16.8 Å². The number of alkyl halides is 2. The monoisotopic (exact) mass is 323 g/mol. The molecule has 0 amide bonds. The summed E-state index contributed by atoms with van der Waals surface area (Å²) in [5, 5.41) is 0.565. The summed E-state index contributed by atoms with van der Waals surface area (Å²) >= 11 is 5.78. The van der Waals surface area contributed by atoms with Crippen LogP contribution >= 0.6 is 11.6 Å². The van der Waals surface area contributed by atoms with E-state index >= 15 is 0 Å². The predicted octanol–water partition coefficient (Wildman–Crippen LogP) is 4.08. The van der Waals surface area contributed by atoms with Crippen LogP contribution in [0, 0.1) is 0 Å². The molecular formula is C15H12ClF2N3O. The van der Waals surface area contributed by atoms with Gasteiger partial charge in [-0.2, -0.15) is 4.98 Å². The molecule has 2 aromatic heterocycles. The first-order chi connectivity index (χ1) is 10.6. The summed E-state index contributed by atoms with van der Waals surface area (Å²) < 4.78 is 33.1. The number of benzene rings is 1. The van der Waals surface area contributed by atoms with Gasteiger partial charge in [-0.1, -0.05) is 12.1 Å². The molecule has 0 spiro atoms. The lowest BCUT2D eigenvalue weighted by molar-refractivity contribution is 0.142. The average molecular weight is 324 g/mol. The van der Waals surface area contributed by atoms with Gasteiger partial charge in [-0.25, -0.2) is 13.8 Å². The third-order valence-corrected chi connectivity index (χ3v) is 3.54.